The first kappa shape index (κ1) is 19.6. The Morgan fingerprint density at radius 3 is 2.50 bits per heavy atom. The molecule has 0 radical (unpaired) electrons. The molecule has 0 unspecified atom stereocenters. The quantitative estimate of drug-likeness (QED) is 0.655. The number of benzene rings is 2. The molecule has 1 heterocycles. The lowest BCUT2D eigenvalue weighted by Crippen LogP contribution is -2.30. The molecule has 0 aliphatic carbocycles. The summed E-state index contributed by atoms with van der Waals surface area (Å²) in [6.07, 6.45) is 0. The summed E-state index contributed by atoms with van der Waals surface area (Å²) in [4.78, 5) is 26.6. The number of ether oxygens (including phenoxy) is 1. The van der Waals surface area contributed by atoms with Crippen molar-refractivity contribution in [2.75, 3.05) is 18.6 Å². The number of aromatic nitrogens is 2. The topological polar surface area (TPSA) is 64.4 Å². The van der Waals surface area contributed by atoms with Gasteiger partial charge < -0.3 is 9.64 Å². The van der Waals surface area contributed by atoms with Gasteiger partial charge in [0.2, 0.25) is 0 Å². The third-order valence-electron chi connectivity index (χ3n) is 4.26. The molecule has 3 aromatic rings. The van der Waals surface area contributed by atoms with E-state index in [2.05, 4.69) is 5.10 Å². The number of halogens is 1. The highest BCUT2D eigenvalue weighted by Crippen LogP contribution is 2.20. The Balaban J connectivity index is 1.91. The van der Waals surface area contributed by atoms with Crippen molar-refractivity contribution in [3.63, 3.8) is 0 Å². The summed E-state index contributed by atoms with van der Waals surface area (Å²) in [5.74, 6) is 0.395. The first-order valence-electron chi connectivity index (χ1n) is 8.78. The van der Waals surface area contributed by atoms with Crippen LogP contribution in [0.25, 0.3) is 5.69 Å². The van der Waals surface area contributed by atoms with Gasteiger partial charge in [-0.05, 0) is 61.9 Å². The van der Waals surface area contributed by atoms with E-state index in [-0.39, 0.29) is 17.2 Å². The number of hydrogen-bond acceptors (Lipinski definition) is 4. The Morgan fingerprint density at radius 1 is 1.14 bits per heavy atom. The molecule has 0 atom stereocenters. The lowest BCUT2D eigenvalue weighted by molar-refractivity contribution is 0.0986. The minimum atomic E-state index is -0.347. The molecule has 0 N–H and O–H groups in total. The van der Waals surface area contributed by atoms with Crippen molar-refractivity contribution < 1.29 is 9.53 Å². The van der Waals surface area contributed by atoms with Crippen LogP contribution in [0.2, 0.25) is 5.02 Å². The Hall–Kier alpha value is -3.12. The minimum absolute atomic E-state index is 0.146. The average Bonchev–Trinajstić information content (AvgIpc) is 2.70. The van der Waals surface area contributed by atoms with Gasteiger partial charge in [-0.2, -0.15) is 9.78 Å². The number of hydrogen-bond donors (Lipinski definition) is 0. The van der Waals surface area contributed by atoms with Crippen LogP contribution in [-0.2, 0) is 0 Å². The first-order valence-corrected chi connectivity index (χ1v) is 9.16. The van der Waals surface area contributed by atoms with Crippen LogP contribution in [0.15, 0.2) is 59.4 Å². The molecular weight excluding hydrogens is 378 g/mol. The van der Waals surface area contributed by atoms with Crippen molar-refractivity contribution in [2.45, 2.75) is 13.8 Å². The van der Waals surface area contributed by atoms with Crippen LogP contribution in [0.4, 0.5) is 5.69 Å². The van der Waals surface area contributed by atoms with E-state index in [0.29, 0.717) is 23.0 Å². The molecule has 0 saturated carbocycles. The number of amides is 1. The van der Waals surface area contributed by atoms with Gasteiger partial charge in [0.25, 0.3) is 11.5 Å². The van der Waals surface area contributed by atoms with Crippen molar-refractivity contribution in [1.82, 2.24) is 9.78 Å². The Morgan fingerprint density at radius 2 is 1.86 bits per heavy atom. The van der Waals surface area contributed by atoms with Crippen molar-refractivity contribution in [2.24, 2.45) is 0 Å². The van der Waals surface area contributed by atoms with Gasteiger partial charge in [0, 0.05) is 23.8 Å². The lowest BCUT2D eigenvalue weighted by Gasteiger charge is -2.18. The smallest absolute Gasteiger partial charge is 0.278 e. The molecule has 0 spiro atoms. The number of carbonyl (C=O) groups is 1. The van der Waals surface area contributed by atoms with E-state index in [1.165, 1.54) is 21.7 Å². The van der Waals surface area contributed by atoms with Crippen molar-refractivity contribution in [3.05, 3.63) is 81.2 Å². The van der Waals surface area contributed by atoms with Gasteiger partial charge >= 0.3 is 0 Å². The molecule has 0 aliphatic rings. The van der Waals surface area contributed by atoms with E-state index < -0.39 is 0 Å². The number of anilines is 1. The molecule has 1 aromatic heterocycles. The van der Waals surface area contributed by atoms with Gasteiger partial charge in [0.15, 0.2) is 0 Å². The van der Waals surface area contributed by atoms with E-state index >= 15 is 0 Å². The molecule has 1 amide bonds. The molecule has 3 rings (SSSR count). The number of carbonyl (C=O) groups excluding carboxylic acids is 1. The van der Waals surface area contributed by atoms with Gasteiger partial charge in [-0.3, -0.25) is 9.59 Å². The fourth-order valence-electron chi connectivity index (χ4n) is 2.65. The zero-order valence-electron chi connectivity index (χ0n) is 15.8. The van der Waals surface area contributed by atoms with Gasteiger partial charge in [-0.15, -0.1) is 0 Å². The van der Waals surface area contributed by atoms with Crippen LogP contribution in [-0.4, -0.2) is 29.3 Å². The van der Waals surface area contributed by atoms with Gasteiger partial charge in [-0.1, -0.05) is 17.7 Å². The van der Waals surface area contributed by atoms with Crippen LogP contribution in [0.5, 0.6) is 5.75 Å². The molecule has 2 aromatic carbocycles. The number of rotatable bonds is 5. The van der Waals surface area contributed by atoms with Gasteiger partial charge in [-0.25, -0.2) is 0 Å². The van der Waals surface area contributed by atoms with Crippen LogP contribution >= 0.6 is 11.6 Å². The van der Waals surface area contributed by atoms with Crippen LogP contribution < -0.4 is 15.2 Å². The van der Waals surface area contributed by atoms with Crippen LogP contribution in [0.3, 0.4) is 0 Å². The molecule has 0 saturated heterocycles. The summed E-state index contributed by atoms with van der Waals surface area (Å²) >= 11 is 6.16. The Kier molecular flexibility index (Phi) is 5.80. The summed E-state index contributed by atoms with van der Waals surface area (Å²) < 4.78 is 6.59. The summed E-state index contributed by atoms with van der Waals surface area (Å²) in [6.45, 7) is 4.35. The largest absolute Gasteiger partial charge is 0.494 e. The fourth-order valence-corrected chi connectivity index (χ4v) is 2.82. The van der Waals surface area contributed by atoms with Gasteiger partial charge in [0.05, 0.1) is 12.3 Å². The average molecular weight is 398 g/mol. The molecule has 28 heavy (non-hydrogen) atoms. The summed E-state index contributed by atoms with van der Waals surface area (Å²) in [6, 6.07) is 15.1. The summed E-state index contributed by atoms with van der Waals surface area (Å²) in [5, 5.41) is 4.76. The zero-order chi connectivity index (χ0) is 20.3. The second-order valence-electron chi connectivity index (χ2n) is 6.19. The van der Waals surface area contributed by atoms with Crippen molar-refractivity contribution >= 4 is 23.2 Å². The maximum Gasteiger partial charge on any atom is 0.278 e. The second-order valence-corrected chi connectivity index (χ2v) is 6.60. The summed E-state index contributed by atoms with van der Waals surface area (Å²) in [7, 11) is 1.65. The monoisotopic (exact) mass is 397 g/mol. The predicted molar refractivity (Wildman–Crippen MR) is 110 cm³/mol. The van der Waals surface area contributed by atoms with E-state index in [1.54, 1.807) is 49.5 Å². The standard InChI is InChI=1S/C21H20ClN3O3/c1-4-28-17-9-7-15(8-10-17)24(3)21(27)19-11-12-20(26)25(23-19)16-6-5-14(2)18(22)13-16/h5-13H,4H2,1-3H3. The lowest BCUT2D eigenvalue weighted by atomic mass is 10.2. The molecule has 6 nitrogen and oxygen atoms in total. The third-order valence-corrected chi connectivity index (χ3v) is 4.67. The normalized spacial score (nSPS) is 10.6. The Labute approximate surface area is 167 Å². The van der Waals surface area contributed by atoms with Crippen molar-refractivity contribution in [1.29, 1.82) is 0 Å². The van der Waals surface area contributed by atoms with E-state index in [0.717, 1.165) is 11.3 Å². The predicted octanol–water partition coefficient (Wildman–Crippen LogP) is 3.87. The summed E-state index contributed by atoms with van der Waals surface area (Å²) in [5.41, 5.74) is 1.87. The third kappa shape index (κ3) is 4.07. The maximum absolute atomic E-state index is 12.9. The molecule has 0 aliphatic heterocycles. The van der Waals surface area contributed by atoms with Crippen LogP contribution in [0.1, 0.15) is 23.0 Å². The maximum atomic E-state index is 12.9. The number of aryl methyl sites for hydroxylation is 1. The van der Waals surface area contributed by atoms with Crippen LogP contribution in [0, 0.1) is 6.92 Å². The van der Waals surface area contributed by atoms with E-state index in [1.807, 2.05) is 13.8 Å². The molecule has 0 fully saturated rings. The molecule has 0 bridgehead atoms. The SMILES string of the molecule is CCOc1ccc(N(C)C(=O)c2ccc(=O)n(-c3ccc(C)c(Cl)c3)n2)cc1. The molecular formula is C21H20ClN3O3. The second kappa shape index (κ2) is 8.27. The highest BCUT2D eigenvalue weighted by molar-refractivity contribution is 6.31. The van der Waals surface area contributed by atoms with Crippen molar-refractivity contribution in [3.8, 4) is 11.4 Å². The van der Waals surface area contributed by atoms with E-state index in [4.69, 9.17) is 16.3 Å². The molecule has 7 heteroatoms. The highest BCUT2D eigenvalue weighted by Gasteiger charge is 2.17. The first-order chi connectivity index (χ1) is 13.4. The zero-order valence-corrected chi connectivity index (χ0v) is 16.6. The molecule has 144 valence electrons. The highest BCUT2D eigenvalue weighted by atomic mass is 35.5. The van der Waals surface area contributed by atoms with Gasteiger partial charge in [0.1, 0.15) is 11.4 Å². The minimum Gasteiger partial charge on any atom is -0.494 e. The number of nitrogens with zero attached hydrogens (tertiary/aromatic N) is 3. The fraction of sp³-hybridized carbons (Fsp3) is 0.190. The Bertz CT molecular complexity index is 1060. The van der Waals surface area contributed by atoms with E-state index in [9.17, 15) is 9.59 Å².